The van der Waals surface area contributed by atoms with Gasteiger partial charge in [-0.2, -0.15) is 0 Å². The van der Waals surface area contributed by atoms with E-state index in [1.165, 1.54) is 18.2 Å². The number of nitrogens with zero attached hydrogens (tertiary/aromatic N) is 1. The topological polar surface area (TPSA) is 58.9 Å². The minimum Gasteiger partial charge on any atom is -0.478 e. The molecule has 2 aromatic carbocycles. The van der Waals surface area contributed by atoms with Crippen LogP contribution in [0.2, 0.25) is 0 Å². The Morgan fingerprint density at radius 3 is 2.00 bits per heavy atom. The number of aliphatic imine (C=N–C) groups is 1. The van der Waals surface area contributed by atoms with E-state index in [9.17, 15) is 14.3 Å². The summed E-state index contributed by atoms with van der Waals surface area (Å²) in [6.45, 7) is 3.67. The summed E-state index contributed by atoms with van der Waals surface area (Å²) in [5, 5.41) is 9.33. The van der Waals surface area contributed by atoms with Crippen LogP contribution < -0.4 is 4.74 Å². The van der Waals surface area contributed by atoms with Crippen LogP contribution in [0.1, 0.15) is 19.4 Å². The summed E-state index contributed by atoms with van der Waals surface area (Å²) in [5.41, 5.74) is 2.36. The number of benzene rings is 2. The van der Waals surface area contributed by atoms with Gasteiger partial charge in [0.15, 0.2) is 0 Å². The molecular weight excluding hydrogens is 333 g/mol. The predicted octanol–water partition coefficient (Wildman–Crippen LogP) is 5.01. The second-order valence-electron chi connectivity index (χ2n) is 5.82. The molecule has 0 heterocycles. The quantitative estimate of drug-likeness (QED) is 0.451. The van der Waals surface area contributed by atoms with E-state index in [1.54, 1.807) is 49.5 Å². The van der Waals surface area contributed by atoms with Gasteiger partial charge < -0.3 is 9.84 Å². The molecule has 0 unspecified atom stereocenters. The summed E-state index contributed by atoms with van der Waals surface area (Å²) in [4.78, 5) is 15.6. The third kappa shape index (κ3) is 5.41. The van der Waals surface area contributed by atoms with E-state index < -0.39 is 5.97 Å². The Kier molecular flexibility index (Phi) is 6.44. The van der Waals surface area contributed by atoms with Gasteiger partial charge in [0.1, 0.15) is 17.3 Å². The number of allylic oxidation sites excluding steroid dienone is 2. The minimum absolute atomic E-state index is 0.164. The largest absolute Gasteiger partial charge is 0.478 e. The lowest BCUT2D eigenvalue weighted by Gasteiger charge is -2.07. The molecular formula is C21H20FNO3. The van der Waals surface area contributed by atoms with Gasteiger partial charge >= 0.3 is 5.97 Å². The van der Waals surface area contributed by atoms with Crippen LogP contribution in [0.3, 0.4) is 0 Å². The molecule has 0 bridgehead atoms. The van der Waals surface area contributed by atoms with Crippen molar-refractivity contribution < 1.29 is 19.0 Å². The first-order chi connectivity index (χ1) is 12.4. The van der Waals surface area contributed by atoms with Crippen molar-refractivity contribution in [3.8, 4) is 11.5 Å². The fourth-order valence-electron chi connectivity index (χ4n) is 2.23. The van der Waals surface area contributed by atoms with Crippen molar-refractivity contribution in [2.45, 2.75) is 13.8 Å². The molecule has 0 amide bonds. The zero-order valence-corrected chi connectivity index (χ0v) is 14.9. The van der Waals surface area contributed by atoms with Gasteiger partial charge in [0.2, 0.25) is 0 Å². The van der Waals surface area contributed by atoms with E-state index in [4.69, 9.17) is 4.74 Å². The lowest BCUT2D eigenvalue weighted by molar-refractivity contribution is -0.132. The van der Waals surface area contributed by atoms with Crippen LogP contribution in [-0.4, -0.2) is 23.8 Å². The lowest BCUT2D eigenvalue weighted by Crippen LogP contribution is -2.04. The number of hydrogen-bond donors (Lipinski definition) is 1. The molecule has 0 fully saturated rings. The van der Waals surface area contributed by atoms with Crippen LogP contribution in [-0.2, 0) is 4.79 Å². The molecule has 1 N–H and O–H groups in total. The first-order valence-electron chi connectivity index (χ1n) is 7.99. The molecule has 5 heteroatoms. The Labute approximate surface area is 152 Å². The summed E-state index contributed by atoms with van der Waals surface area (Å²) >= 11 is 0. The summed E-state index contributed by atoms with van der Waals surface area (Å²) in [5.74, 6) is -0.222. The van der Waals surface area contributed by atoms with Gasteiger partial charge in [-0.05, 0) is 80.1 Å². The van der Waals surface area contributed by atoms with E-state index in [2.05, 4.69) is 4.99 Å². The van der Waals surface area contributed by atoms with Crippen molar-refractivity contribution in [3.63, 3.8) is 0 Å². The summed E-state index contributed by atoms with van der Waals surface area (Å²) < 4.78 is 18.6. The average Bonchev–Trinajstić information content (AvgIpc) is 2.61. The molecule has 0 radical (unpaired) electrons. The molecule has 0 aromatic heterocycles. The monoisotopic (exact) mass is 353 g/mol. The third-order valence-electron chi connectivity index (χ3n) is 3.42. The number of rotatable bonds is 6. The maximum absolute atomic E-state index is 12.9. The van der Waals surface area contributed by atoms with E-state index in [1.807, 2.05) is 13.8 Å². The van der Waals surface area contributed by atoms with Gasteiger partial charge in [-0.25, -0.2) is 9.18 Å². The number of carbonyl (C=O) groups is 1. The number of halogens is 1. The smallest absolute Gasteiger partial charge is 0.335 e. The Hall–Kier alpha value is -3.21. The van der Waals surface area contributed by atoms with Crippen LogP contribution in [0.5, 0.6) is 11.5 Å². The van der Waals surface area contributed by atoms with Crippen LogP contribution in [0.25, 0.3) is 0 Å². The van der Waals surface area contributed by atoms with E-state index in [-0.39, 0.29) is 11.4 Å². The summed E-state index contributed by atoms with van der Waals surface area (Å²) in [6.07, 6.45) is 3.13. The van der Waals surface area contributed by atoms with Crippen LogP contribution in [0.15, 0.2) is 76.8 Å². The zero-order valence-electron chi connectivity index (χ0n) is 14.9. The molecule has 0 saturated carbocycles. The first-order valence-corrected chi connectivity index (χ1v) is 7.99. The predicted molar refractivity (Wildman–Crippen MR) is 101 cm³/mol. The Balaban J connectivity index is 2.23. The molecule has 26 heavy (non-hydrogen) atoms. The molecule has 2 aromatic rings. The van der Waals surface area contributed by atoms with Crippen LogP contribution in [0.4, 0.5) is 4.39 Å². The third-order valence-corrected chi connectivity index (χ3v) is 3.42. The first kappa shape index (κ1) is 19.1. The van der Waals surface area contributed by atoms with E-state index >= 15 is 0 Å². The molecule has 0 saturated heterocycles. The maximum atomic E-state index is 12.9. The highest BCUT2D eigenvalue weighted by Crippen LogP contribution is 2.22. The fourth-order valence-corrected chi connectivity index (χ4v) is 2.23. The van der Waals surface area contributed by atoms with Crippen LogP contribution in [0, 0.1) is 5.82 Å². The number of ether oxygens (including phenoxy) is 1. The highest BCUT2D eigenvalue weighted by atomic mass is 19.1. The van der Waals surface area contributed by atoms with E-state index in [0.29, 0.717) is 17.2 Å². The van der Waals surface area contributed by atoms with Gasteiger partial charge in [0.25, 0.3) is 0 Å². The van der Waals surface area contributed by atoms with Crippen molar-refractivity contribution in [2.24, 2.45) is 4.99 Å². The Morgan fingerprint density at radius 2 is 1.54 bits per heavy atom. The standard InChI is InChI=1S/C21H20FNO3/c1-14(2)12-16(21(24)25)13-20(23-3)15-4-8-18(9-5-15)26-19-10-6-17(22)7-11-19/h4-13H,1-3H3,(H,24,25)/b16-13+,23-20-. The number of carboxylic acid groups (broad SMARTS) is 1. The minimum atomic E-state index is -1.01. The zero-order chi connectivity index (χ0) is 19.1. The lowest BCUT2D eigenvalue weighted by atomic mass is 10.1. The van der Waals surface area contributed by atoms with Crippen molar-refractivity contribution in [3.05, 3.63) is 83.2 Å². The highest BCUT2D eigenvalue weighted by molar-refractivity contribution is 6.12. The molecule has 4 nitrogen and oxygen atoms in total. The second kappa shape index (κ2) is 8.76. The van der Waals surface area contributed by atoms with Crippen molar-refractivity contribution in [1.29, 1.82) is 0 Å². The molecule has 134 valence electrons. The van der Waals surface area contributed by atoms with Crippen molar-refractivity contribution >= 4 is 11.7 Å². The molecule has 0 spiro atoms. The summed E-state index contributed by atoms with van der Waals surface area (Å²) in [6, 6.07) is 12.8. The molecule has 0 aliphatic rings. The Morgan fingerprint density at radius 1 is 1.00 bits per heavy atom. The number of aliphatic carboxylic acids is 1. The second-order valence-corrected chi connectivity index (χ2v) is 5.82. The normalized spacial score (nSPS) is 11.8. The number of hydrogen-bond acceptors (Lipinski definition) is 3. The molecule has 0 aliphatic carbocycles. The SMILES string of the molecule is C/N=C(/C=C(\C=C(C)C)C(=O)O)c1ccc(Oc2ccc(F)cc2)cc1. The van der Waals surface area contributed by atoms with E-state index in [0.717, 1.165) is 11.1 Å². The number of carboxylic acids is 1. The maximum Gasteiger partial charge on any atom is 0.335 e. The van der Waals surface area contributed by atoms with Gasteiger partial charge in [-0.15, -0.1) is 0 Å². The molecule has 0 atom stereocenters. The van der Waals surface area contributed by atoms with Crippen molar-refractivity contribution in [2.75, 3.05) is 7.05 Å². The van der Waals surface area contributed by atoms with Gasteiger partial charge in [-0.3, -0.25) is 4.99 Å². The van der Waals surface area contributed by atoms with Crippen molar-refractivity contribution in [1.82, 2.24) is 0 Å². The Bertz CT molecular complexity index is 859. The van der Waals surface area contributed by atoms with Crippen LogP contribution >= 0.6 is 0 Å². The molecule has 2 rings (SSSR count). The summed E-state index contributed by atoms with van der Waals surface area (Å²) in [7, 11) is 1.61. The highest BCUT2D eigenvalue weighted by Gasteiger charge is 2.08. The average molecular weight is 353 g/mol. The molecule has 0 aliphatic heterocycles. The van der Waals surface area contributed by atoms with Gasteiger partial charge in [0.05, 0.1) is 11.3 Å². The fraction of sp³-hybridized carbons (Fsp3) is 0.143. The van der Waals surface area contributed by atoms with Gasteiger partial charge in [0, 0.05) is 7.05 Å². The van der Waals surface area contributed by atoms with Gasteiger partial charge in [-0.1, -0.05) is 5.57 Å².